The molecular weight excluding hydrogens is 283 g/mol. The van der Waals surface area contributed by atoms with Crippen molar-refractivity contribution in [3.8, 4) is 0 Å². The maximum Gasteiger partial charge on any atom is 0.338 e. The zero-order chi connectivity index (χ0) is 13.8. The van der Waals surface area contributed by atoms with Gasteiger partial charge in [0.05, 0.1) is 22.7 Å². The van der Waals surface area contributed by atoms with Gasteiger partial charge in [-0.05, 0) is 36.5 Å². The monoisotopic (exact) mass is 298 g/mol. The van der Waals surface area contributed by atoms with Gasteiger partial charge in [0.25, 0.3) is 0 Å². The molecule has 0 spiro atoms. The summed E-state index contributed by atoms with van der Waals surface area (Å²) in [6, 6.07) is 5.21. The van der Waals surface area contributed by atoms with Gasteiger partial charge < -0.3 is 4.74 Å². The molecule has 19 heavy (non-hydrogen) atoms. The van der Waals surface area contributed by atoms with Gasteiger partial charge in [0.15, 0.2) is 0 Å². The van der Waals surface area contributed by atoms with E-state index in [1.165, 1.54) is 20.0 Å². The molecule has 0 unspecified atom stereocenters. The summed E-state index contributed by atoms with van der Waals surface area (Å²) in [5.74, 6) is 0.119. The van der Waals surface area contributed by atoms with Crippen LogP contribution in [0.2, 0.25) is 10.0 Å². The molecule has 0 N–H and O–H groups in total. The standard InChI is InChI=1S/C15H16Cl2O2/c1-19-15(18)12(8-10-4-2-3-5-10)11-6-7-13(16)14(17)9-11/h6-10H,2-5H2,1H3. The summed E-state index contributed by atoms with van der Waals surface area (Å²) in [7, 11) is 1.39. The van der Waals surface area contributed by atoms with E-state index in [-0.39, 0.29) is 5.97 Å². The quantitative estimate of drug-likeness (QED) is 0.595. The van der Waals surface area contributed by atoms with Crippen LogP contribution in [0, 0.1) is 5.92 Å². The summed E-state index contributed by atoms with van der Waals surface area (Å²) in [5.41, 5.74) is 1.33. The first-order valence-electron chi connectivity index (χ1n) is 6.37. The Labute approximate surface area is 123 Å². The van der Waals surface area contributed by atoms with Crippen LogP contribution in [-0.2, 0) is 9.53 Å². The van der Waals surface area contributed by atoms with Gasteiger partial charge in [0, 0.05) is 0 Å². The minimum atomic E-state index is -0.328. The highest BCUT2D eigenvalue weighted by Crippen LogP contribution is 2.31. The van der Waals surface area contributed by atoms with Gasteiger partial charge in [0.1, 0.15) is 0 Å². The van der Waals surface area contributed by atoms with E-state index < -0.39 is 0 Å². The van der Waals surface area contributed by atoms with E-state index >= 15 is 0 Å². The van der Waals surface area contributed by atoms with Crippen LogP contribution >= 0.6 is 23.2 Å². The lowest BCUT2D eigenvalue weighted by Crippen LogP contribution is -2.06. The van der Waals surface area contributed by atoms with E-state index in [4.69, 9.17) is 27.9 Å². The van der Waals surface area contributed by atoms with Crippen LogP contribution < -0.4 is 0 Å². The predicted octanol–water partition coefficient (Wildman–Crippen LogP) is 4.74. The summed E-state index contributed by atoms with van der Waals surface area (Å²) >= 11 is 11.9. The molecule has 0 bridgehead atoms. The Morgan fingerprint density at radius 1 is 1.26 bits per heavy atom. The first-order valence-corrected chi connectivity index (χ1v) is 7.13. The van der Waals surface area contributed by atoms with Crippen LogP contribution in [0.4, 0.5) is 0 Å². The number of benzene rings is 1. The molecule has 1 aliphatic carbocycles. The van der Waals surface area contributed by atoms with E-state index in [1.807, 2.05) is 6.08 Å². The Balaban J connectivity index is 2.36. The second-order valence-electron chi connectivity index (χ2n) is 4.75. The number of hydrogen-bond donors (Lipinski definition) is 0. The Morgan fingerprint density at radius 2 is 1.95 bits per heavy atom. The van der Waals surface area contributed by atoms with Crippen LogP contribution in [-0.4, -0.2) is 13.1 Å². The minimum Gasteiger partial charge on any atom is -0.465 e. The molecule has 4 heteroatoms. The Hall–Kier alpha value is -0.990. The van der Waals surface area contributed by atoms with Crippen LogP contribution in [0.25, 0.3) is 5.57 Å². The van der Waals surface area contributed by atoms with Crippen molar-refractivity contribution in [1.29, 1.82) is 0 Å². The predicted molar refractivity (Wildman–Crippen MR) is 78.4 cm³/mol. The van der Waals surface area contributed by atoms with Crippen LogP contribution in [0.1, 0.15) is 31.2 Å². The number of allylic oxidation sites excluding steroid dienone is 1. The number of rotatable bonds is 3. The SMILES string of the molecule is COC(=O)C(=CC1CCCC1)c1ccc(Cl)c(Cl)c1. The number of esters is 1. The highest BCUT2D eigenvalue weighted by molar-refractivity contribution is 6.42. The molecule has 1 aromatic carbocycles. The van der Waals surface area contributed by atoms with Crippen LogP contribution in [0.3, 0.4) is 0 Å². The summed E-state index contributed by atoms with van der Waals surface area (Å²) < 4.78 is 4.86. The third-order valence-corrected chi connectivity index (χ3v) is 4.18. The molecular formula is C15H16Cl2O2. The normalized spacial score (nSPS) is 16.7. The molecule has 0 aliphatic heterocycles. The molecule has 1 aromatic rings. The Bertz CT molecular complexity index is 503. The van der Waals surface area contributed by atoms with Crippen molar-refractivity contribution in [2.24, 2.45) is 5.92 Å². The molecule has 1 fully saturated rings. The Kier molecular flexibility index (Phi) is 4.89. The number of carbonyl (C=O) groups excluding carboxylic acids is 1. The fraction of sp³-hybridized carbons (Fsp3) is 0.400. The Morgan fingerprint density at radius 3 is 2.53 bits per heavy atom. The molecule has 1 aliphatic rings. The van der Waals surface area contributed by atoms with E-state index in [0.717, 1.165) is 18.4 Å². The fourth-order valence-electron chi connectivity index (χ4n) is 2.42. The molecule has 0 atom stereocenters. The lowest BCUT2D eigenvalue weighted by molar-refractivity contribution is -0.133. The van der Waals surface area contributed by atoms with Gasteiger partial charge in [-0.3, -0.25) is 0 Å². The lowest BCUT2D eigenvalue weighted by Gasteiger charge is -2.10. The number of halogens is 2. The van der Waals surface area contributed by atoms with Crippen LogP contribution in [0.15, 0.2) is 24.3 Å². The average Bonchev–Trinajstić information content (AvgIpc) is 2.91. The largest absolute Gasteiger partial charge is 0.465 e. The van der Waals surface area contributed by atoms with Crippen molar-refractivity contribution < 1.29 is 9.53 Å². The number of carbonyl (C=O) groups is 1. The van der Waals surface area contributed by atoms with Crippen molar-refractivity contribution in [2.75, 3.05) is 7.11 Å². The molecule has 2 nitrogen and oxygen atoms in total. The maximum atomic E-state index is 11.9. The van der Waals surface area contributed by atoms with E-state index in [0.29, 0.717) is 21.5 Å². The number of methoxy groups -OCH3 is 1. The van der Waals surface area contributed by atoms with Crippen molar-refractivity contribution >= 4 is 34.7 Å². The lowest BCUT2D eigenvalue weighted by atomic mass is 9.99. The summed E-state index contributed by atoms with van der Waals surface area (Å²) in [4.78, 5) is 11.9. The van der Waals surface area contributed by atoms with Crippen molar-refractivity contribution in [1.82, 2.24) is 0 Å². The van der Waals surface area contributed by atoms with Gasteiger partial charge in [-0.15, -0.1) is 0 Å². The van der Waals surface area contributed by atoms with E-state index in [9.17, 15) is 4.79 Å². The van der Waals surface area contributed by atoms with E-state index in [2.05, 4.69) is 0 Å². The van der Waals surface area contributed by atoms with Gasteiger partial charge in [-0.1, -0.05) is 48.2 Å². The minimum absolute atomic E-state index is 0.328. The molecule has 0 saturated heterocycles. The van der Waals surface area contributed by atoms with Gasteiger partial charge in [-0.2, -0.15) is 0 Å². The second kappa shape index (κ2) is 6.44. The molecule has 0 amide bonds. The van der Waals surface area contributed by atoms with E-state index in [1.54, 1.807) is 18.2 Å². The molecule has 0 radical (unpaired) electrons. The topological polar surface area (TPSA) is 26.3 Å². The summed E-state index contributed by atoms with van der Waals surface area (Å²) in [5, 5.41) is 0.927. The average molecular weight is 299 g/mol. The zero-order valence-electron chi connectivity index (χ0n) is 10.8. The van der Waals surface area contributed by atoms with Gasteiger partial charge >= 0.3 is 5.97 Å². The fourth-order valence-corrected chi connectivity index (χ4v) is 2.71. The van der Waals surface area contributed by atoms with Crippen molar-refractivity contribution in [3.63, 3.8) is 0 Å². The van der Waals surface area contributed by atoms with Crippen LogP contribution in [0.5, 0.6) is 0 Å². The maximum absolute atomic E-state index is 11.9. The molecule has 0 heterocycles. The summed E-state index contributed by atoms with van der Waals surface area (Å²) in [6.07, 6.45) is 6.70. The molecule has 2 rings (SSSR count). The molecule has 102 valence electrons. The van der Waals surface area contributed by atoms with Gasteiger partial charge in [-0.25, -0.2) is 4.79 Å². The molecule has 0 aromatic heterocycles. The smallest absolute Gasteiger partial charge is 0.338 e. The summed E-state index contributed by atoms with van der Waals surface area (Å²) in [6.45, 7) is 0. The second-order valence-corrected chi connectivity index (χ2v) is 5.56. The highest BCUT2D eigenvalue weighted by Gasteiger charge is 2.19. The first kappa shape index (κ1) is 14.4. The van der Waals surface area contributed by atoms with Gasteiger partial charge in [0.2, 0.25) is 0 Å². The van der Waals surface area contributed by atoms with Crippen molar-refractivity contribution in [2.45, 2.75) is 25.7 Å². The highest BCUT2D eigenvalue weighted by atomic mass is 35.5. The number of hydrogen-bond acceptors (Lipinski definition) is 2. The zero-order valence-corrected chi connectivity index (χ0v) is 12.3. The third-order valence-electron chi connectivity index (χ3n) is 3.44. The third kappa shape index (κ3) is 3.52. The molecule has 1 saturated carbocycles. The number of ether oxygens (including phenoxy) is 1. The van der Waals surface area contributed by atoms with Crippen molar-refractivity contribution in [3.05, 3.63) is 39.9 Å². The first-order chi connectivity index (χ1) is 9.11.